The summed E-state index contributed by atoms with van der Waals surface area (Å²) in [6.07, 6.45) is 5.90. The average molecular weight is 292 g/mol. The zero-order valence-electron chi connectivity index (χ0n) is 11.2. The number of carbonyl (C=O) groups excluding carboxylic acids is 1. The molecule has 0 aliphatic rings. The van der Waals surface area contributed by atoms with Crippen molar-refractivity contribution in [1.82, 2.24) is 20.4 Å². The Labute approximate surface area is 120 Å². The highest BCUT2D eigenvalue weighted by molar-refractivity contribution is 7.98. The van der Waals surface area contributed by atoms with Crippen LogP contribution in [0.1, 0.15) is 6.42 Å². The largest absolute Gasteiger partial charge is 0.469 e. The number of rotatable bonds is 5. The van der Waals surface area contributed by atoms with E-state index in [0.29, 0.717) is 23.9 Å². The van der Waals surface area contributed by atoms with E-state index in [9.17, 15) is 4.79 Å². The van der Waals surface area contributed by atoms with E-state index >= 15 is 0 Å². The van der Waals surface area contributed by atoms with Gasteiger partial charge in [0, 0.05) is 17.7 Å². The topological polar surface area (TPSA) is 81.7 Å². The van der Waals surface area contributed by atoms with Gasteiger partial charge in [0.2, 0.25) is 11.0 Å². The average Bonchev–Trinajstić information content (AvgIpc) is 2.53. The van der Waals surface area contributed by atoms with Crippen molar-refractivity contribution in [2.24, 2.45) is 0 Å². The Morgan fingerprint density at radius 3 is 2.45 bits per heavy atom. The molecule has 0 aliphatic heterocycles. The summed E-state index contributed by atoms with van der Waals surface area (Å²) in [4.78, 5) is 11.1. The first-order valence-corrected chi connectivity index (χ1v) is 7.13. The van der Waals surface area contributed by atoms with E-state index < -0.39 is 0 Å². The lowest BCUT2D eigenvalue weighted by Crippen LogP contribution is -2.33. The van der Waals surface area contributed by atoms with Gasteiger partial charge in [-0.15, -0.1) is 20.4 Å². The van der Waals surface area contributed by atoms with Crippen molar-refractivity contribution < 1.29 is 14.1 Å². The van der Waals surface area contributed by atoms with Gasteiger partial charge in [0.05, 0.1) is 7.11 Å². The number of aryl methyl sites for hydroxylation is 1. The maximum absolute atomic E-state index is 11.1. The van der Waals surface area contributed by atoms with Crippen LogP contribution in [-0.2, 0) is 16.1 Å². The Kier molecular flexibility index (Phi) is 4.94. The lowest BCUT2D eigenvalue weighted by Gasteiger charge is -1.99. The molecule has 104 valence electrons. The van der Waals surface area contributed by atoms with Crippen LogP contribution in [0.3, 0.4) is 0 Å². The summed E-state index contributed by atoms with van der Waals surface area (Å²) in [5, 5.41) is 16.4. The minimum Gasteiger partial charge on any atom is -0.469 e. The van der Waals surface area contributed by atoms with E-state index in [1.807, 2.05) is 35.3 Å². The summed E-state index contributed by atoms with van der Waals surface area (Å²) in [6, 6.07) is 3.71. The van der Waals surface area contributed by atoms with Crippen LogP contribution < -0.4 is 4.57 Å². The summed E-state index contributed by atoms with van der Waals surface area (Å²) in [5.74, 6) is 0.244. The normalized spacial score (nSPS) is 10.3. The molecule has 0 amide bonds. The van der Waals surface area contributed by atoms with Gasteiger partial charge < -0.3 is 4.74 Å². The van der Waals surface area contributed by atoms with Gasteiger partial charge in [0.25, 0.3) is 0 Å². The molecular formula is C12H14N5O2S+. The number of ether oxygens (including phenoxy) is 1. The number of aromatic nitrogens is 5. The molecule has 8 heteroatoms. The number of carbonyl (C=O) groups is 1. The van der Waals surface area contributed by atoms with Gasteiger partial charge in [-0.2, -0.15) is 0 Å². The molecule has 0 N–H and O–H groups in total. The van der Waals surface area contributed by atoms with Crippen molar-refractivity contribution in [3.63, 3.8) is 0 Å². The van der Waals surface area contributed by atoms with Gasteiger partial charge in [0.1, 0.15) is 6.42 Å². The molecule has 0 aromatic carbocycles. The summed E-state index contributed by atoms with van der Waals surface area (Å²) in [6.45, 7) is 0.565. The standard InChI is InChI=1S/C12H14N5O2S/c1-19-10(18)5-8-17-6-3-9(4-7-17)11-13-15-12(20-2)16-14-11/h3-4,6-7H,5,8H2,1-2H3/q+1. The lowest BCUT2D eigenvalue weighted by molar-refractivity contribution is -0.695. The molecule has 20 heavy (non-hydrogen) atoms. The van der Waals surface area contributed by atoms with Crippen LogP contribution in [0.15, 0.2) is 29.7 Å². The highest BCUT2D eigenvalue weighted by Gasteiger charge is 2.09. The summed E-state index contributed by atoms with van der Waals surface area (Å²) < 4.78 is 6.48. The van der Waals surface area contributed by atoms with Crippen molar-refractivity contribution in [3.8, 4) is 11.4 Å². The van der Waals surface area contributed by atoms with Crippen molar-refractivity contribution >= 4 is 17.7 Å². The van der Waals surface area contributed by atoms with Crippen molar-refractivity contribution in [2.75, 3.05) is 13.4 Å². The minimum absolute atomic E-state index is 0.231. The fourth-order valence-corrected chi connectivity index (χ4v) is 1.74. The molecule has 0 fully saturated rings. The third-order valence-electron chi connectivity index (χ3n) is 2.59. The molecule has 2 heterocycles. The van der Waals surface area contributed by atoms with Crippen LogP contribution in [0.2, 0.25) is 0 Å². The maximum atomic E-state index is 11.1. The third kappa shape index (κ3) is 3.70. The highest BCUT2D eigenvalue weighted by Crippen LogP contribution is 2.11. The summed E-state index contributed by atoms with van der Waals surface area (Å²) >= 11 is 1.39. The van der Waals surface area contributed by atoms with Crippen molar-refractivity contribution in [2.45, 2.75) is 18.1 Å². The van der Waals surface area contributed by atoms with E-state index in [1.165, 1.54) is 18.9 Å². The van der Waals surface area contributed by atoms with Crippen LogP contribution in [0.4, 0.5) is 0 Å². The Bertz CT molecular complexity index is 573. The zero-order valence-corrected chi connectivity index (χ0v) is 12.0. The van der Waals surface area contributed by atoms with Crippen molar-refractivity contribution in [3.05, 3.63) is 24.5 Å². The zero-order chi connectivity index (χ0) is 14.4. The molecule has 0 saturated carbocycles. The molecule has 0 radical (unpaired) electrons. The first-order valence-electron chi connectivity index (χ1n) is 5.90. The molecule has 0 spiro atoms. The van der Waals surface area contributed by atoms with Crippen LogP contribution in [0.25, 0.3) is 11.4 Å². The molecule has 0 saturated heterocycles. The van der Waals surface area contributed by atoms with Crippen LogP contribution in [-0.4, -0.2) is 39.7 Å². The quantitative estimate of drug-likeness (QED) is 0.451. The van der Waals surface area contributed by atoms with Crippen LogP contribution >= 0.6 is 11.8 Å². The molecule has 2 rings (SSSR count). The second kappa shape index (κ2) is 6.90. The smallest absolute Gasteiger partial charge is 0.311 e. The number of hydrogen-bond donors (Lipinski definition) is 0. The minimum atomic E-state index is -0.231. The second-order valence-electron chi connectivity index (χ2n) is 3.86. The lowest BCUT2D eigenvalue weighted by atomic mass is 10.2. The molecule has 0 aliphatic carbocycles. The van der Waals surface area contributed by atoms with E-state index in [1.54, 1.807) is 0 Å². The number of nitrogens with zero attached hydrogens (tertiary/aromatic N) is 5. The Morgan fingerprint density at radius 2 is 1.90 bits per heavy atom. The first-order chi connectivity index (χ1) is 9.72. The van der Waals surface area contributed by atoms with Gasteiger partial charge in [-0.1, -0.05) is 11.8 Å². The Morgan fingerprint density at radius 1 is 1.25 bits per heavy atom. The molecule has 0 atom stereocenters. The number of esters is 1. The fourth-order valence-electron chi connectivity index (χ4n) is 1.50. The first kappa shape index (κ1) is 14.3. The third-order valence-corrected chi connectivity index (χ3v) is 3.12. The molecule has 0 unspecified atom stereocenters. The molecule has 7 nitrogen and oxygen atoms in total. The summed E-state index contributed by atoms with van der Waals surface area (Å²) in [7, 11) is 1.38. The van der Waals surface area contributed by atoms with Crippen LogP contribution in [0.5, 0.6) is 0 Å². The second-order valence-corrected chi connectivity index (χ2v) is 4.63. The maximum Gasteiger partial charge on any atom is 0.311 e. The number of hydrogen-bond acceptors (Lipinski definition) is 7. The molecule has 0 bridgehead atoms. The molecular weight excluding hydrogens is 278 g/mol. The van der Waals surface area contributed by atoms with Gasteiger partial charge in [0.15, 0.2) is 18.9 Å². The van der Waals surface area contributed by atoms with Gasteiger partial charge in [-0.05, 0) is 6.26 Å². The Hall–Kier alpha value is -2.09. The monoisotopic (exact) mass is 292 g/mol. The Balaban J connectivity index is 2.05. The predicted molar refractivity (Wildman–Crippen MR) is 71.7 cm³/mol. The van der Waals surface area contributed by atoms with Gasteiger partial charge >= 0.3 is 5.97 Å². The van der Waals surface area contributed by atoms with Gasteiger partial charge in [-0.25, -0.2) is 4.57 Å². The number of thioether (sulfide) groups is 1. The van der Waals surface area contributed by atoms with E-state index in [2.05, 4.69) is 25.1 Å². The summed E-state index contributed by atoms with van der Waals surface area (Å²) in [5.41, 5.74) is 0.826. The number of methoxy groups -OCH3 is 1. The van der Waals surface area contributed by atoms with Crippen molar-refractivity contribution in [1.29, 1.82) is 0 Å². The highest BCUT2D eigenvalue weighted by atomic mass is 32.2. The van der Waals surface area contributed by atoms with E-state index in [4.69, 9.17) is 0 Å². The molecule has 2 aromatic rings. The molecule has 2 aromatic heterocycles. The van der Waals surface area contributed by atoms with E-state index in [-0.39, 0.29) is 5.97 Å². The van der Waals surface area contributed by atoms with Crippen LogP contribution in [0, 0.1) is 0 Å². The van der Waals surface area contributed by atoms with Gasteiger partial charge in [-0.3, -0.25) is 4.79 Å². The van der Waals surface area contributed by atoms with E-state index in [0.717, 1.165) is 5.56 Å². The fraction of sp³-hybridized carbons (Fsp3) is 0.333. The SMILES string of the molecule is COC(=O)CC[n+]1ccc(-c2nnc(SC)nn2)cc1. The number of pyridine rings is 1. The predicted octanol–water partition coefficient (Wildman–Crippen LogP) is 0.506.